The second-order valence-electron chi connectivity index (χ2n) is 8.64. The van der Waals surface area contributed by atoms with Crippen molar-refractivity contribution < 1.29 is 9.59 Å². The lowest BCUT2D eigenvalue weighted by atomic mass is 9.96. The molecular weight excluding hydrogens is 434 g/mol. The third-order valence-corrected chi connectivity index (χ3v) is 6.66. The molecule has 172 valence electrons. The molecule has 0 saturated carbocycles. The molecule has 0 aromatic heterocycles. The number of nitrogens with zero attached hydrogens (tertiary/aromatic N) is 1. The maximum Gasteiger partial charge on any atom is 0.251 e. The van der Waals surface area contributed by atoms with E-state index in [1.54, 1.807) is 0 Å². The third kappa shape index (κ3) is 5.92. The molecule has 1 aliphatic heterocycles. The van der Waals surface area contributed by atoms with E-state index in [9.17, 15) is 9.59 Å². The monoisotopic (exact) mass is 463 g/mol. The number of carbonyl (C=O) groups is 2. The summed E-state index contributed by atoms with van der Waals surface area (Å²) in [6.07, 6.45) is 1.78. The summed E-state index contributed by atoms with van der Waals surface area (Å²) in [6.45, 7) is 4.35. The number of carbonyl (C=O) groups excluding carboxylic acids is 2. The first-order valence-corrected chi connectivity index (χ1v) is 11.9. The van der Waals surface area contributed by atoms with E-state index in [4.69, 9.17) is 11.6 Å². The minimum atomic E-state index is -0.115. The number of fused-ring (bicyclic) bond motifs is 1. The molecular formula is C27H30ClN3O2. The Hall–Kier alpha value is -2.89. The van der Waals surface area contributed by atoms with E-state index >= 15 is 0 Å². The zero-order valence-corrected chi connectivity index (χ0v) is 19.6. The Morgan fingerprint density at radius 1 is 1.12 bits per heavy atom. The average molecular weight is 464 g/mol. The van der Waals surface area contributed by atoms with Gasteiger partial charge in [-0.25, -0.2) is 0 Å². The van der Waals surface area contributed by atoms with Crippen LogP contribution in [0.25, 0.3) is 10.8 Å². The van der Waals surface area contributed by atoms with Gasteiger partial charge in [0.25, 0.3) is 5.91 Å². The lowest BCUT2D eigenvalue weighted by Gasteiger charge is -2.26. The second-order valence-corrected chi connectivity index (χ2v) is 9.07. The number of benzene rings is 3. The number of nitrogens with one attached hydrogen (secondary N) is 2. The summed E-state index contributed by atoms with van der Waals surface area (Å²) in [5, 5.41) is 9.00. The van der Waals surface area contributed by atoms with Gasteiger partial charge in [0.2, 0.25) is 5.91 Å². The SMILES string of the molecule is CC[C@H](CN1CC[C@@H](CNC(=O)c2ccc3cc(Cl)ccc3c2)NCC1=O)c1ccccc1. The van der Waals surface area contributed by atoms with Gasteiger partial charge in [0, 0.05) is 42.2 Å². The quantitative estimate of drug-likeness (QED) is 0.538. The molecule has 2 amide bonds. The Kier molecular flexibility index (Phi) is 7.63. The summed E-state index contributed by atoms with van der Waals surface area (Å²) < 4.78 is 0. The fraction of sp³-hybridized carbons (Fsp3) is 0.333. The maximum absolute atomic E-state index is 12.7. The summed E-state index contributed by atoms with van der Waals surface area (Å²) in [7, 11) is 0. The molecule has 0 bridgehead atoms. The Bertz CT molecular complexity index is 1120. The van der Waals surface area contributed by atoms with E-state index in [-0.39, 0.29) is 17.9 Å². The lowest BCUT2D eigenvalue weighted by Crippen LogP contribution is -2.42. The van der Waals surface area contributed by atoms with Crippen LogP contribution in [0.15, 0.2) is 66.7 Å². The van der Waals surface area contributed by atoms with E-state index in [0.29, 0.717) is 36.1 Å². The smallest absolute Gasteiger partial charge is 0.251 e. The van der Waals surface area contributed by atoms with Crippen LogP contribution in [0.5, 0.6) is 0 Å². The predicted molar refractivity (Wildman–Crippen MR) is 134 cm³/mol. The van der Waals surface area contributed by atoms with Crippen molar-refractivity contribution in [2.45, 2.75) is 31.7 Å². The molecule has 1 fully saturated rings. The highest BCUT2D eigenvalue weighted by molar-refractivity contribution is 6.31. The van der Waals surface area contributed by atoms with E-state index in [2.05, 4.69) is 29.7 Å². The molecule has 3 aromatic carbocycles. The minimum absolute atomic E-state index is 0.0546. The van der Waals surface area contributed by atoms with Crippen molar-refractivity contribution in [1.82, 2.24) is 15.5 Å². The zero-order valence-electron chi connectivity index (χ0n) is 18.9. The van der Waals surface area contributed by atoms with Gasteiger partial charge in [-0.15, -0.1) is 0 Å². The summed E-state index contributed by atoms with van der Waals surface area (Å²) in [5.41, 5.74) is 1.89. The van der Waals surface area contributed by atoms with Crippen LogP contribution in [0.2, 0.25) is 5.02 Å². The number of hydrogen-bond acceptors (Lipinski definition) is 3. The van der Waals surface area contributed by atoms with Gasteiger partial charge in [-0.3, -0.25) is 9.59 Å². The molecule has 0 aliphatic carbocycles. The van der Waals surface area contributed by atoms with Gasteiger partial charge in [-0.05, 0) is 53.4 Å². The Morgan fingerprint density at radius 2 is 1.88 bits per heavy atom. The van der Waals surface area contributed by atoms with Crippen molar-refractivity contribution in [3.63, 3.8) is 0 Å². The largest absolute Gasteiger partial charge is 0.350 e. The molecule has 0 unspecified atom stereocenters. The van der Waals surface area contributed by atoms with Crippen molar-refractivity contribution in [2.24, 2.45) is 0 Å². The Balaban J connectivity index is 1.32. The minimum Gasteiger partial charge on any atom is -0.350 e. The van der Waals surface area contributed by atoms with Crippen molar-refractivity contribution in [2.75, 3.05) is 26.2 Å². The first kappa shape index (κ1) is 23.3. The van der Waals surface area contributed by atoms with Crippen LogP contribution in [0, 0.1) is 0 Å². The summed E-state index contributed by atoms with van der Waals surface area (Å²) >= 11 is 6.04. The van der Waals surface area contributed by atoms with E-state index in [1.165, 1.54) is 5.56 Å². The highest BCUT2D eigenvalue weighted by Crippen LogP contribution is 2.22. The Labute approximate surface area is 200 Å². The standard InChI is InChI=1S/C27H30ClN3O2/c1-2-19(20-6-4-3-5-7-20)18-31-13-12-25(29-17-26(31)32)16-30-27(33)23-9-8-22-15-24(28)11-10-21(22)14-23/h3-11,14-15,19,25,29H,2,12-13,16-18H2,1H3,(H,30,33)/t19-,25+/m1/s1. The number of amides is 2. The predicted octanol–water partition coefficient (Wildman–Crippen LogP) is 4.61. The molecule has 1 aliphatic rings. The molecule has 2 atom stereocenters. The highest BCUT2D eigenvalue weighted by atomic mass is 35.5. The van der Waals surface area contributed by atoms with Crippen LogP contribution in [-0.4, -0.2) is 48.9 Å². The zero-order chi connectivity index (χ0) is 23.2. The number of halogens is 1. The fourth-order valence-electron chi connectivity index (χ4n) is 4.39. The van der Waals surface area contributed by atoms with Crippen molar-refractivity contribution >= 4 is 34.2 Å². The van der Waals surface area contributed by atoms with Gasteiger partial charge in [0.1, 0.15) is 0 Å². The fourth-order valence-corrected chi connectivity index (χ4v) is 4.57. The van der Waals surface area contributed by atoms with Gasteiger partial charge in [-0.2, -0.15) is 0 Å². The lowest BCUT2D eigenvalue weighted by molar-refractivity contribution is -0.129. The van der Waals surface area contributed by atoms with E-state index in [1.807, 2.05) is 59.5 Å². The Morgan fingerprint density at radius 3 is 2.67 bits per heavy atom. The third-order valence-electron chi connectivity index (χ3n) is 6.42. The molecule has 4 rings (SSSR count). The van der Waals surface area contributed by atoms with Crippen LogP contribution in [0.4, 0.5) is 0 Å². The van der Waals surface area contributed by atoms with Crippen molar-refractivity contribution in [3.05, 3.63) is 82.9 Å². The van der Waals surface area contributed by atoms with Crippen LogP contribution >= 0.6 is 11.6 Å². The number of hydrogen-bond donors (Lipinski definition) is 2. The second kappa shape index (κ2) is 10.8. The van der Waals surface area contributed by atoms with Crippen LogP contribution in [0.3, 0.4) is 0 Å². The van der Waals surface area contributed by atoms with Crippen LogP contribution in [0.1, 0.15) is 41.6 Å². The van der Waals surface area contributed by atoms with E-state index in [0.717, 1.165) is 30.2 Å². The molecule has 6 heteroatoms. The molecule has 33 heavy (non-hydrogen) atoms. The number of rotatable bonds is 7. The summed E-state index contributed by atoms with van der Waals surface area (Å²) in [6, 6.07) is 21.7. The van der Waals surface area contributed by atoms with Crippen LogP contribution < -0.4 is 10.6 Å². The first-order chi connectivity index (χ1) is 16.0. The van der Waals surface area contributed by atoms with Gasteiger partial charge in [0.05, 0.1) is 6.54 Å². The molecule has 1 heterocycles. The maximum atomic E-state index is 12.7. The molecule has 5 nitrogen and oxygen atoms in total. The highest BCUT2D eigenvalue weighted by Gasteiger charge is 2.24. The first-order valence-electron chi connectivity index (χ1n) is 11.6. The summed E-state index contributed by atoms with van der Waals surface area (Å²) in [5.74, 6) is 0.330. The van der Waals surface area contributed by atoms with E-state index < -0.39 is 0 Å². The molecule has 0 radical (unpaired) electrons. The van der Waals surface area contributed by atoms with Gasteiger partial charge in [0.15, 0.2) is 0 Å². The molecule has 2 N–H and O–H groups in total. The average Bonchev–Trinajstić information content (AvgIpc) is 3.02. The summed E-state index contributed by atoms with van der Waals surface area (Å²) in [4.78, 5) is 27.4. The van der Waals surface area contributed by atoms with Crippen LogP contribution in [-0.2, 0) is 4.79 Å². The molecule has 1 saturated heterocycles. The molecule has 3 aromatic rings. The molecule has 0 spiro atoms. The van der Waals surface area contributed by atoms with Crippen molar-refractivity contribution in [1.29, 1.82) is 0 Å². The van der Waals surface area contributed by atoms with Gasteiger partial charge >= 0.3 is 0 Å². The van der Waals surface area contributed by atoms with Crippen molar-refractivity contribution in [3.8, 4) is 0 Å². The normalized spacial score (nSPS) is 17.6. The van der Waals surface area contributed by atoms with Gasteiger partial charge in [-0.1, -0.05) is 61.0 Å². The van der Waals surface area contributed by atoms with Gasteiger partial charge < -0.3 is 15.5 Å². The topological polar surface area (TPSA) is 61.4 Å².